The first kappa shape index (κ1) is 15.3. The minimum absolute atomic E-state index is 0.607. The molecule has 0 fully saturated rings. The van der Waals surface area contributed by atoms with Crippen LogP contribution in [0.4, 0.5) is 11.6 Å². The van der Waals surface area contributed by atoms with Crippen LogP contribution in [-0.2, 0) is 0 Å². The molecule has 0 saturated heterocycles. The van der Waals surface area contributed by atoms with E-state index in [1.54, 1.807) is 0 Å². The summed E-state index contributed by atoms with van der Waals surface area (Å²) in [4.78, 5) is 8.94. The third-order valence-corrected chi connectivity index (χ3v) is 3.17. The molecule has 0 bridgehead atoms. The van der Waals surface area contributed by atoms with E-state index in [2.05, 4.69) is 34.6 Å². The number of hydrogen-bond donors (Lipinski definition) is 3. The molecule has 0 aliphatic rings. The fourth-order valence-electron chi connectivity index (χ4n) is 2.05. The number of rotatable bonds is 7. The van der Waals surface area contributed by atoms with Crippen molar-refractivity contribution in [1.29, 1.82) is 0 Å². The largest absolute Gasteiger partial charge is 0.370 e. The van der Waals surface area contributed by atoms with E-state index >= 15 is 0 Å². The Hall–Kier alpha value is -2.14. The van der Waals surface area contributed by atoms with Gasteiger partial charge in [-0.1, -0.05) is 44.2 Å². The van der Waals surface area contributed by atoms with E-state index in [0.29, 0.717) is 11.6 Å². The Morgan fingerprint density at radius 1 is 1.10 bits per heavy atom. The van der Waals surface area contributed by atoms with Crippen molar-refractivity contribution in [2.45, 2.75) is 26.7 Å². The lowest BCUT2D eigenvalue weighted by atomic mass is 10.1. The summed E-state index contributed by atoms with van der Waals surface area (Å²) in [6.07, 6.45) is 2.32. The lowest BCUT2D eigenvalue weighted by molar-refractivity contribution is 0.566. The zero-order chi connectivity index (χ0) is 15.1. The molecule has 1 aromatic heterocycles. The van der Waals surface area contributed by atoms with Crippen LogP contribution in [0.2, 0.25) is 0 Å². The number of nitrogens with two attached hydrogens (primary N) is 1. The Morgan fingerprint density at radius 3 is 2.48 bits per heavy atom. The summed E-state index contributed by atoms with van der Waals surface area (Å²) in [5.74, 6) is 8.28. The van der Waals surface area contributed by atoms with Crippen LogP contribution < -0.4 is 16.6 Å². The lowest BCUT2D eigenvalue weighted by Gasteiger charge is -2.10. The monoisotopic (exact) mass is 285 g/mol. The Bertz CT molecular complexity index is 554. The van der Waals surface area contributed by atoms with Crippen LogP contribution in [0.5, 0.6) is 0 Å². The fraction of sp³-hybridized carbons (Fsp3) is 0.375. The van der Waals surface area contributed by atoms with Crippen molar-refractivity contribution in [3.05, 3.63) is 36.4 Å². The number of nitrogens with zero attached hydrogens (tertiary/aromatic N) is 2. The maximum Gasteiger partial charge on any atom is 0.163 e. The van der Waals surface area contributed by atoms with Gasteiger partial charge in [-0.05, 0) is 18.8 Å². The molecule has 0 saturated carbocycles. The number of aromatic nitrogens is 2. The number of anilines is 2. The molecule has 0 amide bonds. The first-order valence-electron chi connectivity index (χ1n) is 7.34. The molecule has 0 atom stereocenters. The van der Waals surface area contributed by atoms with E-state index in [1.807, 2.05) is 36.4 Å². The van der Waals surface area contributed by atoms with Crippen molar-refractivity contribution >= 4 is 11.6 Å². The Balaban J connectivity index is 2.11. The Labute approximate surface area is 126 Å². The minimum Gasteiger partial charge on any atom is -0.370 e. The second kappa shape index (κ2) is 7.59. The summed E-state index contributed by atoms with van der Waals surface area (Å²) in [6, 6.07) is 11.7. The topological polar surface area (TPSA) is 75.9 Å². The predicted molar refractivity (Wildman–Crippen MR) is 87.8 cm³/mol. The molecule has 0 aliphatic carbocycles. The van der Waals surface area contributed by atoms with E-state index in [-0.39, 0.29) is 0 Å². The van der Waals surface area contributed by atoms with Gasteiger partial charge in [0.1, 0.15) is 11.6 Å². The first-order chi connectivity index (χ1) is 10.2. The highest BCUT2D eigenvalue weighted by Crippen LogP contribution is 2.19. The van der Waals surface area contributed by atoms with Gasteiger partial charge in [0.2, 0.25) is 0 Å². The quantitative estimate of drug-likeness (QED) is 0.413. The molecular formula is C16H23N5. The second-order valence-corrected chi connectivity index (χ2v) is 5.44. The van der Waals surface area contributed by atoms with Crippen molar-refractivity contribution in [1.82, 2.24) is 9.97 Å². The molecule has 1 aromatic carbocycles. The van der Waals surface area contributed by atoms with E-state index in [9.17, 15) is 0 Å². The molecule has 0 radical (unpaired) electrons. The number of nitrogen functional groups attached to an aromatic ring is 1. The molecule has 2 rings (SSSR count). The van der Waals surface area contributed by atoms with Gasteiger partial charge in [0.05, 0.1) is 0 Å². The molecule has 0 unspecified atom stereocenters. The highest BCUT2D eigenvalue weighted by atomic mass is 15.3. The maximum absolute atomic E-state index is 5.49. The van der Waals surface area contributed by atoms with Crippen molar-refractivity contribution in [3.8, 4) is 11.4 Å². The lowest BCUT2D eigenvalue weighted by Crippen LogP contribution is -2.12. The Kier molecular flexibility index (Phi) is 5.51. The van der Waals surface area contributed by atoms with E-state index in [4.69, 9.17) is 5.84 Å². The average Bonchev–Trinajstić information content (AvgIpc) is 2.52. The molecule has 2 aromatic rings. The summed E-state index contributed by atoms with van der Waals surface area (Å²) in [6.45, 7) is 5.36. The molecule has 0 aliphatic heterocycles. The molecule has 112 valence electrons. The van der Waals surface area contributed by atoms with Crippen LogP contribution in [0, 0.1) is 5.92 Å². The van der Waals surface area contributed by atoms with Crippen LogP contribution in [0.15, 0.2) is 36.4 Å². The van der Waals surface area contributed by atoms with Crippen molar-refractivity contribution < 1.29 is 0 Å². The van der Waals surface area contributed by atoms with Gasteiger partial charge in [-0.15, -0.1) is 0 Å². The third-order valence-electron chi connectivity index (χ3n) is 3.17. The molecule has 21 heavy (non-hydrogen) atoms. The number of hydrogen-bond acceptors (Lipinski definition) is 5. The van der Waals surface area contributed by atoms with E-state index in [0.717, 1.165) is 30.3 Å². The predicted octanol–water partition coefficient (Wildman–Crippen LogP) is 3.28. The van der Waals surface area contributed by atoms with Crippen molar-refractivity contribution in [3.63, 3.8) is 0 Å². The Morgan fingerprint density at radius 2 is 1.81 bits per heavy atom. The summed E-state index contributed by atoms with van der Waals surface area (Å²) in [5, 5.41) is 3.34. The highest BCUT2D eigenvalue weighted by Gasteiger charge is 2.06. The van der Waals surface area contributed by atoms with Gasteiger partial charge in [0.15, 0.2) is 5.82 Å². The molecule has 4 N–H and O–H groups in total. The number of hydrazine groups is 1. The van der Waals surface area contributed by atoms with Crippen molar-refractivity contribution in [2.24, 2.45) is 11.8 Å². The minimum atomic E-state index is 0.607. The molecule has 5 heteroatoms. The zero-order valence-corrected chi connectivity index (χ0v) is 12.6. The highest BCUT2D eigenvalue weighted by molar-refractivity contribution is 5.60. The summed E-state index contributed by atoms with van der Waals surface area (Å²) in [5.41, 5.74) is 3.57. The molecule has 1 heterocycles. The van der Waals surface area contributed by atoms with Crippen LogP contribution in [0.1, 0.15) is 26.7 Å². The molecule has 0 spiro atoms. The van der Waals surface area contributed by atoms with Crippen LogP contribution >= 0.6 is 0 Å². The SMILES string of the molecule is CC(C)CCCNc1cc(NN)nc(-c2ccccc2)n1. The van der Waals surface area contributed by atoms with Gasteiger partial charge in [-0.25, -0.2) is 15.8 Å². The van der Waals surface area contributed by atoms with Crippen molar-refractivity contribution in [2.75, 3.05) is 17.3 Å². The summed E-state index contributed by atoms with van der Waals surface area (Å²) >= 11 is 0. The summed E-state index contributed by atoms with van der Waals surface area (Å²) < 4.78 is 0. The zero-order valence-electron chi connectivity index (χ0n) is 12.6. The van der Waals surface area contributed by atoms with Gasteiger partial charge >= 0.3 is 0 Å². The van der Waals surface area contributed by atoms with Gasteiger partial charge < -0.3 is 10.7 Å². The maximum atomic E-state index is 5.49. The van der Waals surface area contributed by atoms with Crippen LogP contribution in [-0.4, -0.2) is 16.5 Å². The van der Waals surface area contributed by atoms with Crippen LogP contribution in [0.3, 0.4) is 0 Å². The fourth-order valence-corrected chi connectivity index (χ4v) is 2.05. The standard InChI is InChI=1S/C16H23N5/c1-12(2)7-6-10-18-14-11-15(21-17)20-16(19-14)13-8-4-3-5-9-13/h3-5,8-9,11-12H,6-7,10,17H2,1-2H3,(H2,18,19,20,21). The van der Waals surface area contributed by atoms with Gasteiger partial charge in [0, 0.05) is 18.2 Å². The smallest absolute Gasteiger partial charge is 0.163 e. The average molecular weight is 285 g/mol. The molecule has 5 nitrogen and oxygen atoms in total. The summed E-state index contributed by atoms with van der Waals surface area (Å²) in [7, 11) is 0. The van der Waals surface area contributed by atoms with E-state index < -0.39 is 0 Å². The van der Waals surface area contributed by atoms with E-state index in [1.165, 1.54) is 6.42 Å². The molecular weight excluding hydrogens is 262 g/mol. The number of benzene rings is 1. The first-order valence-corrected chi connectivity index (χ1v) is 7.34. The van der Waals surface area contributed by atoms with Gasteiger partial charge in [0.25, 0.3) is 0 Å². The normalized spacial score (nSPS) is 10.7. The van der Waals surface area contributed by atoms with Gasteiger partial charge in [-0.2, -0.15) is 0 Å². The third kappa shape index (κ3) is 4.72. The second-order valence-electron chi connectivity index (χ2n) is 5.44. The van der Waals surface area contributed by atoms with Crippen LogP contribution in [0.25, 0.3) is 11.4 Å². The number of nitrogens with one attached hydrogen (secondary N) is 2. The van der Waals surface area contributed by atoms with Gasteiger partial charge in [-0.3, -0.25) is 0 Å².